The maximum Gasteiger partial charge on any atom is 0.289 e. The zero-order chi connectivity index (χ0) is 15.3. The van der Waals surface area contributed by atoms with Gasteiger partial charge in [0, 0.05) is 19.2 Å². The van der Waals surface area contributed by atoms with Crippen molar-refractivity contribution in [2.45, 2.75) is 24.3 Å². The Labute approximate surface area is 122 Å². The second-order valence-corrected chi connectivity index (χ2v) is 6.17. The van der Waals surface area contributed by atoms with Crippen molar-refractivity contribution < 1.29 is 18.1 Å². The first kappa shape index (κ1) is 16.8. The summed E-state index contributed by atoms with van der Waals surface area (Å²) in [7, 11) is -2.40. The van der Waals surface area contributed by atoms with E-state index in [2.05, 4.69) is 4.72 Å². The Morgan fingerprint density at radius 3 is 2.65 bits per heavy atom. The lowest BCUT2D eigenvalue weighted by Gasteiger charge is -2.16. The van der Waals surface area contributed by atoms with Gasteiger partial charge in [0.2, 0.25) is 10.0 Å². The molecule has 20 heavy (non-hydrogen) atoms. The van der Waals surface area contributed by atoms with Crippen LogP contribution in [-0.4, -0.2) is 33.1 Å². The second-order valence-electron chi connectivity index (χ2n) is 4.05. The summed E-state index contributed by atoms with van der Waals surface area (Å²) >= 11 is 5.65. The third-order valence-electron chi connectivity index (χ3n) is 2.61. The Morgan fingerprint density at radius 2 is 2.15 bits per heavy atom. The SMILES string of the molecule is CCC(COC)NS(=O)(=O)c1ccc(Cl)c([N+](=O)[O-])c1. The summed E-state index contributed by atoms with van der Waals surface area (Å²) in [5.74, 6) is 0. The summed E-state index contributed by atoms with van der Waals surface area (Å²) in [4.78, 5) is 9.83. The largest absolute Gasteiger partial charge is 0.383 e. The van der Waals surface area contributed by atoms with E-state index in [0.29, 0.717) is 6.42 Å². The van der Waals surface area contributed by atoms with Crippen LogP contribution in [0.4, 0.5) is 5.69 Å². The summed E-state index contributed by atoms with van der Waals surface area (Å²) in [5.41, 5.74) is -0.450. The van der Waals surface area contributed by atoms with Gasteiger partial charge in [0.1, 0.15) is 5.02 Å². The van der Waals surface area contributed by atoms with E-state index in [1.165, 1.54) is 19.2 Å². The predicted octanol–water partition coefficient (Wildman–Crippen LogP) is 1.95. The molecule has 1 N–H and O–H groups in total. The molecule has 1 unspecified atom stereocenters. The quantitative estimate of drug-likeness (QED) is 0.611. The van der Waals surface area contributed by atoms with Gasteiger partial charge in [-0.2, -0.15) is 0 Å². The zero-order valence-corrected chi connectivity index (χ0v) is 12.6. The van der Waals surface area contributed by atoms with Crippen molar-refractivity contribution in [1.29, 1.82) is 0 Å². The summed E-state index contributed by atoms with van der Waals surface area (Å²) in [6, 6.07) is 2.94. The van der Waals surface area contributed by atoms with Gasteiger partial charge in [-0.3, -0.25) is 10.1 Å². The molecule has 0 fully saturated rings. The number of hydrogen-bond donors (Lipinski definition) is 1. The lowest BCUT2D eigenvalue weighted by Crippen LogP contribution is -2.37. The standard InChI is InChI=1S/C11H15ClN2O5S/c1-3-8(7-19-2)13-20(17,18)9-4-5-10(12)11(6-9)14(15)16/h4-6,8,13H,3,7H2,1-2H3. The fourth-order valence-electron chi connectivity index (χ4n) is 1.52. The number of nitro benzene ring substituents is 1. The fourth-order valence-corrected chi connectivity index (χ4v) is 3.03. The first-order chi connectivity index (χ1) is 9.31. The van der Waals surface area contributed by atoms with Crippen LogP contribution in [0.15, 0.2) is 23.1 Å². The molecule has 0 heterocycles. The molecule has 0 amide bonds. The molecule has 7 nitrogen and oxygen atoms in total. The van der Waals surface area contributed by atoms with Gasteiger partial charge in [0.25, 0.3) is 5.69 Å². The number of benzene rings is 1. The molecule has 0 saturated heterocycles. The van der Waals surface area contributed by atoms with Crippen molar-refractivity contribution in [1.82, 2.24) is 4.72 Å². The molecule has 1 atom stereocenters. The van der Waals surface area contributed by atoms with Gasteiger partial charge in [-0.15, -0.1) is 0 Å². The van der Waals surface area contributed by atoms with Crippen molar-refractivity contribution in [2.75, 3.05) is 13.7 Å². The van der Waals surface area contributed by atoms with Crippen LogP contribution >= 0.6 is 11.6 Å². The molecular weight excluding hydrogens is 308 g/mol. The van der Waals surface area contributed by atoms with Gasteiger partial charge in [0.15, 0.2) is 0 Å². The molecule has 112 valence electrons. The van der Waals surface area contributed by atoms with Crippen molar-refractivity contribution in [3.05, 3.63) is 33.3 Å². The van der Waals surface area contributed by atoms with Crippen LogP contribution in [0.25, 0.3) is 0 Å². The van der Waals surface area contributed by atoms with E-state index < -0.39 is 26.7 Å². The average molecular weight is 323 g/mol. The third kappa shape index (κ3) is 4.14. The number of rotatable bonds is 7. The molecule has 0 radical (unpaired) electrons. The number of hydrogen-bond acceptors (Lipinski definition) is 5. The highest BCUT2D eigenvalue weighted by atomic mass is 35.5. The summed E-state index contributed by atoms with van der Waals surface area (Å²) in [6.45, 7) is 2.02. The van der Waals surface area contributed by atoms with E-state index in [1.807, 2.05) is 0 Å². The Morgan fingerprint density at radius 1 is 1.50 bits per heavy atom. The van der Waals surface area contributed by atoms with Gasteiger partial charge in [-0.05, 0) is 18.6 Å². The predicted molar refractivity (Wildman–Crippen MR) is 74.4 cm³/mol. The summed E-state index contributed by atoms with van der Waals surface area (Å²) in [6.07, 6.45) is 0.531. The van der Waals surface area contributed by atoms with E-state index in [-0.39, 0.29) is 16.5 Å². The van der Waals surface area contributed by atoms with Crippen molar-refractivity contribution >= 4 is 27.3 Å². The lowest BCUT2D eigenvalue weighted by atomic mass is 10.3. The molecule has 1 aromatic carbocycles. The number of nitrogens with zero attached hydrogens (tertiary/aromatic N) is 1. The van der Waals surface area contributed by atoms with Crippen LogP contribution in [0.1, 0.15) is 13.3 Å². The summed E-state index contributed by atoms with van der Waals surface area (Å²) < 4.78 is 31.6. The van der Waals surface area contributed by atoms with Crippen LogP contribution in [0.2, 0.25) is 5.02 Å². The van der Waals surface area contributed by atoms with E-state index in [9.17, 15) is 18.5 Å². The minimum absolute atomic E-state index is 0.113. The van der Waals surface area contributed by atoms with Crippen LogP contribution < -0.4 is 4.72 Å². The number of ether oxygens (including phenoxy) is 1. The molecule has 9 heteroatoms. The van der Waals surface area contributed by atoms with E-state index in [0.717, 1.165) is 6.07 Å². The molecule has 0 saturated carbocycles. The Bertz CT molecular complexity index is 590. The molecule has 1 rings (SSSR count). The maximum absolute atomic E-state index is 12.1. The number of methoxy groups -OCH3 is 1. The van der Waals surface area contributed by atoms with Crippen LogP contribution in [0, 0.1) is 10.1 Å². The Hall–Kier alpha value is -1.22. The van der Waals surface area contributed by atoms with E-state index in [4.69, 9.17) is 16.3 Å². The highest BCUT2D eigenvalue weighted by Gasteiger charge is 2.23. The molecule has 1 aromatic rings. The molecular formula is C11H15ClN2O5S. The smallest absolute Gasteiger partial charge is 0.289 e. The first-order valence-electron chi connectivity index (χ1n) is 5.77. The molecule has 0 aromatic heterocycles. The Kier molecular flexibility index (Phi) is 5.88. The van der Waals surface area contributed by atoms with E-state index >= 15 is 0 Å². The minimum atomic E-state index is -3.86. The summed E-state index contributed by atoms with van der Waals surface area (Å²) in [5, 5.41) is 10.7. The van der Waals surface area contributed by atoms with Gasteiger partial charge in [-0.1, -0.05) is 18.5 Å². The van der Waals surface area contributed by atoms with Crippen LogP contribution in [-0.2, 0) is 14.8 Å². The van der Waals surface area contributed by atoms with Crippen molar-refractivity contribution in [3.63, 3.8) is 0 Å². The zero-order valence-electron chi connectivity index (χ0n) is 11.0. The van der Waals surface area contributed by atoms with Crippen molar-refractivity contribution in [2.24, 2.45) is 0 Å². The molecule has 0 aliphatic heterocycles. The number of nitro groups is 1. The van der Waals surface area contributed by atoms with Crippen molar-refractivity contribution in [3.8, 4) is 0 Å². The monoisotopic (exact) mass is 322 g/mol. The molecule has 0 spiro atoms. The van der Waals surface area contributed by atoms with Gasteiger partial charge in [-0.25, -0.2) is 13.1 Å². The molecule has 0 aliphatic carbocycles. The number of nitrogens with one attached hydrogen (secondary N) is 1. The lowest BCUT2D eigenvalue weighted by molar-refractivity contribution is -0.384. The normalized spacial score (nSPS) is 13.2. The maximum atomic E-state index is 12.1. The highest BCUT2D eigenvalue weighted by molar-refractivity contribution is 7.89. The fraction of sp³-hybridized carbons (Fsp3) is 0.455. The third-order valence-corrected chi connectivity index (χ3v) is 4.44. The highest BCUT2D eigenvalue weighted by Crippen LogP contribution is 2.27. The van der Waals surface area contributed by atoms with Gasteiger partial charge in [0.05, 0.1) is 16.4 Å². The number of halogens is 1. The van der Waals surface area contributed by atoms with Gasteiger partial charge < -0.3 is 4.74 Å². The topological polar surface area (TPSA) is 98.5 Å². The van der Waals surface area contributed by atoms with Crippen LogP contribution in [0.3, 0.4) is 0 Å². The second kappa shape index (κ2) is 6.98. The van der Waals surface area contributed by atoms with E-state index in [1.54, 1.807) is 6.92 Å². The number of sulfonamides is 1. The molecule has 0 bridgehead atoms. The Balaban J connectivity index is 3.09. The molecule has 0 aliphatic rings. The average Bonchev–Trinajstić information content (AvgIpc) is 2.37. The van der Waals surface area contributed by atoms with Crippen LogP contribution in [0.5, 0.6) is 0 Å². The first-order valence-corrected chi connectivity index (χ1v) is 7.63. The minimum Gasteiger partial charge on any atom is -0.383 e. The van der Waals surface area contributed by atoms with Gasteiger partial charge >= 0.3 is 0 Å².